The number of aromatic nitrogens is 1. The maximum absolute atomic E-state index is 10.6. The van der Waals surface area contributed by atoms with E-state index in [1.165, 1.54) is 0 Å². The van der Waals surface area contributed by atoms with E-state index >= 15 is 0 Å². The molecule has 2 aromatic rings. The number of pyridine rings is 1. The van der Waals surface area contributed by atoms with Crippen LogP contribution in [-0.4, -0.2) is 31.4 Å². The van der Waals surface area contributed by atoms with Crippen LogP contribution < -0.4 is 14.2 Å². The number of rotatable bonds is 5. The van der Waals surface area contributed by atoms with Gasteiger partial charge in [-0.1, -0.05) is 15.9 Å². The molecule has 6 heteroatoms. The third-order valence-electron chi connectivity index (χ3n) is 3.08. The number of hydrogen-bond donors (Lipinski definition) is 1. The van der Waals surface area contributed by atoms with E-state index in [1.54, 1.807) is 51.9 Å². The zero-order valence-corrected chi connectivity index (χ0v) is 13.5. The maximum atomic E-state index is 10.6. The highest BCUT2D eigenvalue weighted by Crippen LogP contribution is 2.38. The molecule has 0 bridgehead atoms. The van der Waals surface area contributed by atoms with E-state index in [4.69, 9.17) is 14.2 Å². The topological polar surface area (TPSA) is 60.8 Å². The fourth-order valence-corrected chi connectivity index (χ4v) is 2.49. The summed E-state index contributed by atoms with van der Waals surface area (Å²) in [5.41, 5.74) is 1.28. The molecule has 0 aliphatic carbocycles. The smallest absolute Gasteiger partial charge is 0.161 e. The van der Waals surface area contributed by atoms with E-state index < -0.39 is 6.10 Å². The molecule has 1 atom stereocenters. The predicted octanol–water partition coefficient (Wildman–Crippen LogP) is 2.95. The van der Waals surface area contributed by atoms with Crippen molar-refractivity contribution < 1.29 is 19.3 Å². The molecule has 2 rings (SSSR count). The Morgan fingerprint density at radius 3 is 2.29 bits per heavy atom. The first kappa shape index (κ1) is 15.6. The van der Waals surface area contributed by atoms with Crippen molar-refractivity contribution in [2.45, 2.75) is 6.10 Å². The van der Waals surface area contributed by atoms with Crippen molar-refractivity contribution in [1.29, 1.82) is 0 Å². The van der Waals surface area contributed by atoms with Crippen LogP contribution in [0.25, 0.3) is 0 Å². The lowest BCUT2D eigenvalue weighted by molar-refractivity contribution is 0.217. The molecule has 0 aliphatic rings. The Morgan fingerprint density at radius 2 is 1.67 bits per heavy atom. The third kappa shape index (κ3) is 3.28. The summed E-state index contributed by atoms with van der Waals surface area (Å²) in [5.74, 6) is 1.72. The highest BCUT2D eigenvalue weighted by molar-refractivity contribution is 9.10. The van der Waals surface area contributed by atoms with Gasteiger partial charge in [-0.25, -0.2) is 0 Å². The lowest BCUT2D eigenvalue weighted by Crippen LogP contribution is -2.03. The molecule has 1 heterocycles. The van der Waals surface area contributed by atoms with E-state index in [0.29, 0.717) is 28.4 Å². The minimum absolute atomic E-state index is 0.547. The van der Waals surface area contributed by atoms with Crippen molar-refractivity contribution >= 4 is 15.9 Å². The number of nitrogens with zero attached hydrogens (tertiary/aromatic N) is 1. The normalized spacial score (nSPS) is 11.9. The van der Waals surface area contributed by atoms with Crippen molar-refractivity contribution in [1.82, 2.24) is 4.98 Å². The van der Waals surface area contributed by atoms with Crippen LogP contribution in [0.3, 0.4) is 0 Å². The van der Waals surface area contributed by atoms with Gasteiger partial charge in [-0.3, -0.25) is 4.98 Å². The van der Waals surface area contributed by atoms with Crippen LogP contribution in [0.1, 0.15) is 17.2 Å². The largest absolute Gasteiger partial charge is 0.495 e. The van der Waals surface area contributed by atoms with E-state index in [-0.39, 0.29) is 0 Å². The zero-order valence-electron chi connectivity index (χ0n) is 12.0. The van der Waals surface area contributed by atoms with Gasteiger partial charge in [0.2, 0.25) is 0 Å². The second-order valence-electron chi connectivity index (χ2n) is 4.29. The van der Waals surface area contributed by atoms with Crippen LogP contribution in [-0.2, 0) is 0 Å². The highest BCUT2D eigenvalue weighted by Gasteiger charge is 2.18. The Hall–Kier alpha value is -1.79. The molecule has 0 amide bonds. The summed E-state index contributed by atoms with van der Waals surface area (Å²) < 4.78 is 16.3. The Bertz CT molecular complexity index is 633. The molecule has 1 aromatic carbocycles. The molecule has 0 radical (unpaired) electrons. The lowest BCUT2D eigenvalue weighted by Gasteiger charge is -2.16. The highest BCUT2D eigenvalue weighted by atomic mass is 79.9. The van der Waals surface area contributed by atoms with Crippen LogP contribution >= 0.6 is 15.9 Å². The van der Waals surface area contributed by atoms with Crippen LogP contribution in [0, 0.1) is 0 Å². The van der Waals surface area contributed by atoms with Gasteiger partial charge in [0, 0.05) is 21.8 Å². The summed E-state index contributed by atoms with van der Waals surface area (Å²) in [6.45, 7) is 0. The molecular weight excluding hydrogens is 338 g/mol. The molecule has 112 valence electrons. The van der Waals surface area contributed by atoms with Gasteiger partial charge >= 0.3 is 0 Å². The maximum Gasteiger partial charge on any atom is 0.161 e. The Morgan fingerprint density at radius 1 is 1.00 bits per heavy atom. The Labute approximate surface area is 131 Å². The molecule has 5 nitrogen and oxygen atoms in total. The molecule has 0 spiro atoms. The first-order valence-corrected chi connectivity index (χ1v) is 6.98. The number of aliphatic hydroxyl groups excluding tert-OH is 1. The fraction of sp³-hybridized carbons (Fsp3) is 0.267. The standard InChI is InChI=1S/C15H16BrNO4/c1-19-10-4-9(7-17-8-10)15(18)11-5-13(20-2)14(21-3)6-12(11)16/h4-8,15,18H,1-3H3. The molecule has 1 aromatic heterocycles. The van der Waals surface area contributed by atoms with Crippen molar-refractivity contribution in [2.24, 2.45) is 0 Å². The second-order valence-corrected chi connectivity index (χ2v) is 5.14. The molecule has 0 saturated carbocycles. The molecular formula is C15H16BrNO4. The van der Waals surface area contributed by atoms with E-state index in [0.717, 1.165) is 4.47 Å². The summed E-state index contributed by atoms with van der Waals surface area (Å²) in [5, 5.41) is 10.6. The molecule has 0 saturated heterocycles. The summed E-state index contributed by atoms with van der Waals surface area (Å²) >= 11 is 3.44. The molecule has 1 unspecified atom stereocenters. The van der Waals surface area contributed by atoms with Crippen molar-refractivity contribution in [3.63, 3.8) is 0 Å². The molecule has 1 N–H and O–H groups in total. The number of aliphatic hydroxyl groups is 1. The van der Waals surface area contributed by atoms with Gasteiger partial charge in [0.15, 0.2) is 11.5 Å². The summed E-state index contributed by atoms with van der Waals surface area (Å²) in [4.78, 5) is 4.05. The van der Waals surface area contributed by atoms with E-state index in [2.05, 4.69) is 20.9 Å². The van der Waals surface area contributed by atoms with Crippen molar-refractivity contribution in [3.8, 4) is 17.2 Å². The first-order valence-electron chi connectivity index (χ1n) is 6.19. The number of halogens is 1. The average Bonchev–Trinajstić information content (AvgIpc) is 2.53. The first-order chi connectivity index (χ1) is 10.1. The van der Waals surface area contributed by atoms with Crippen LogP contribution in [0.4, 0.5) is 0 Å². The van der Waals surface area contributed by atoms with Crippen molar-refractivity contribution in [3.05, 3.63) is 46.2 Å². The Kier molecular flexibility index (Phi) is 5.03. The SMILES string of the molecule is COc1cncc(C(O)c2cc(OC)c(OC)cc2Br)c1. The van der Waals surface area contributed by atoms with E-state index in [9.17, 15) is 5.11 Å². The van der Waals surface area contributed by atoms with Gasteiger partial charge in [0.1, 0.15) is 11.9 Å². The van der Waals surface area contributed by atoms with Crippen molar-refractivity contribution in [2.75, 3.05) is 21.3 Å². The lowest BCUT2D eigenvalue weighted by atomic mass is 10.0. The minimum atomic E-state index is -0.859. The van der Waals surface area contributed by atoms with Crippen LogP contribution in [0.2, 0.25) is 0 Å². The average molecular weight is 354 g/mol. The third-order valence-corrected chi connectivity index (χ3v) is 3.77. The van der Waals surface area contributed by atoms with Gasteiger partial charge in [-0.2, -0.15) is 0 Å². The zero-order chi connectivity index (χ0) is 15.4. The molecule has 0 aliphatic heterocycles. The van der Waals surface area contributed by atoms with Crippen LogP contribution in [0.5, 0.6) is 17.2 Å². The number of ether oxygens (including phenoxy) is 3. The Balaban J connectivity index is 2.44. The molecule has 0 fully saturated rings. The number of benzene rings is 1. The molecule has 21 heavy (non-hydrogen) atoms. The van der Waals surface area contributed by atoms with Gasteiger partial charge in [-0.05, 0) is 18.2 Å². The quantitative estimate of drug-likeness (QED) is 0.895. The minimum Gasteiger partial charge on any atom is -0.495 e. The van der Waals surface area contributed by atoms with E-state index in [1.807, 2.05) is 0 Å². The number of methoxy groups -OCH3 is 3. The second kappa shape index (κ2) is 6.78. The van der Waals surface area contributed by atoms with Gasteiger partial charge in [0.05, 0.1) is 27.5 Å². The van der Waals surface area contributed by atoms with Crippen LogP contribution in [0.15, 0.2) is 35.1 Å². The van der Waals surface area contributed by atoms with Gasteiger partial charge in [-0.15, -0.1) is 0 Å². The summed E-state index contributed by atoms with van der Waals surface area (Å²) in [6, 6.07) is 5.22. The summed E-state index contributed by atoms with van der Waals surface area (Å²) in [6.07, 6.45) is 2.32. The van der Waals surface area contributed by atoms with Gasteiger partial charge < -0.3 is 19.3 Å². The number of hydrogen-bond acceptors (Lipinski definition) is 5. The predicted molar refractivity (Wildman–Crippen MR) is 82.1 cm³/mol. The van der Waals surface area contributed by atoms with Gasteiger partial charge in [0.25, 0.3) is 0 Å². The monoisotopic (exact) mass is 353 g/mol. The summed E-state index contributed by atoms with van der Waals surface area (Å²) in [7, 11) is 4.67. The fourth-order valence-electron chi connectivity index (χ4n) is 1.96.